The van der Waals surface area contributed by atoms with E-state index in [4.69, 9.17) is 10.9 Å². The van der Waals surface area contributed by atoms with E-state index >= 15 is 0 Å². The van der Waals surface area contributed by atoms with Gasteiger partial charge in [0.2, 0.25) is 5.91 Å². The van der Waals surface area contributed by atoms with Crippen LogP contribution in [0.15, 0.2) is 17.5 Å². The summed E-state index contributed by atoms with van der Waals surface area (Å²) in [7, 11) is 3.53. The highest BCUT2D eigenvalue weighted by molar-refractivity contribution is 6.01. The molecular weight excluding hydrogens is 234 g/mol. The largest absolute Gasteiger partial charge is 0.409 e. The molecule has 0 aliphatic carbocycles. The minimum atomic E-state index is -0.597. The molecule has 1 heterocycles. The van der Waals surface area contributed by atoms with E-state index in [-0.39, 0.29) is 11.7 Å². The number of nitrogens with zero attached hydrogens (tertiary/aromatic N) is 4. The summed E-state index contributed by atoms with van der Waals surface area (Å²) in [6.45, 7) is 2.20. The molecule has 1 aromatic rings. The molecule has 7 nitrogen and oxygen atoms in total. The number of nitrogens with two attached hydrogens (primary N) is 1. The van der Waals surface area contributed by atoms with Gasteiger partial charge >= 0.3 is 0 Å². The Labute approximate surface area is 106 Å². The van der Waals surface area contributed by atoms with Gasteiger partial charge in [0.15, 0.2) is 5.84 Å². The number of hydrogen-bond acceptors (Lipinski definition) is 4. The van der Waals surface area contributed by atoms with Crippen molar-refractivity contribution in [1.29, 1.82) is 0 Å². The summed E-state index contributed by atoms with van der Waals surface area (Å²) in [5, 5.41) is 11.5. The summed E-state index contributed by atoms with van der Waals surface area (Å²) in [6.07, 6.45) is 3.97. The number of imidazole rings is 1. The van der Waals surface area contributed by atoms with Crippen LogP contribution in [0, 0.1) is 5.92 Å². The second kappa shape index (κ2) is 6.04. The fourth-order valence-electron chi connectivity index (χ4n) is 1.68. The van der Waals surface area contributed by atoms with Gasteiger partial charge in [-0.2, -0.15) is 0 Å². The van der Waals surface area contributed by atoms with Crippen molar-refractivity contribution in [1.82, 2.24) is 14.5 Å². The first-order valence-corrected chi connectivity index (χ1v) is 5.69. The molecule has 0 spiro atoms. The van der Waals surface area contributed by atoms with Gasteiger partial charge in [-0.15, -0.1) is 0 Å². The molecule has 1 atom stereocenters. The fourth-order valence-corrected chi connectivity index (χ4v) is 1.68. The predicted octanol–water partition coefficient (Wildman–Crippen LogP) is 0.151. The zero-order chi connectivity index (χ0) is 13.7. The lowest BCUT2D eigenvalue weighted by molar-refractivity contribution is -0.132. The zero-order valence-corrected chi connectivity index (χ0v) is 10.9. The Morgan fingerprint density at radius 2 is 2.39 bits per heavy atom. The van der Waals surface area contributed by atoms with E-state index in [1.165, 1.54) is 4.90 Å². The van der Waals surface area contributed by atoms with Crippen molar-refractivity contribution in [2.24, 2.45) is 23.9 Å². The summed E-state index contributed by atoms with van der Waals surface area (Å²) >= 11 is 0. The number of rotatable bonds is 5. The predicted molar refractivity (Wildman–Crippen MR) is 66.9 cm³/mol. The molecule has 18 heavy (non-hydrogen) atoms. The van der Waals surface area contributed by atoms with E-state index in [2.05, 4.69) is 10.1 Å². The van der Waals surface area contributed by atoms with Crippen molar-refractivity contribution < 1.29 is 10.0 Å². The average molecular weight is 253 g/mol. The van der Waals surface area contributed by atoms with E-state index in [0.29, 0.717) is 13.0 Å². The van der Waals surface area contributed by atoms with Gasteiger partial charge in [0, 0.05) is 26.5 Å². The van der Waals surface area contributed by atoms with Gasteiger partial charge in [-0.05, 0) is 6.42 Å². The maximum absolute atomic E-state index is 12.1. The van der Waals surface area contributed by atoms with Gasteiger partial charge in [-0.3, -0.25) is 4.79 Å². The summed E-state index contributed by atoms with van der Waals surface area (Å²) in [5.74, 6) is -0.0644. The van der Waals surface area contributed by atoms with Crippen LogP contribution in [0.5, 0.6) is 0 Å². The molecule has 100 valence electrons. The molecule has 0 saturated heterocycles. The Morgan fingerprint density at radius 3 is 2.83 bits per heavy atom. The Morgan fingerprint density at radius 1 is 1.72 bits per heavy atom. The van der Waals surface area contributed by atoms with E-state index in [1.54, 1.807) is 13.2 Å². The van der Waals surface area contributed by atoms with Gasteiger partial charge in [0.25, 0.3) is 0 Å². The monoisotopic (exact) mass is 253 g/mol. The number of amides is 1. The maximum Gasteiger partial charge on any atom is 0.233 e. The van der Waals surface area contributed by atoms with Gasteiger partial charge in [-0.25, -0.2) is 4.98 Å². The summed E-state index contributed by atoms with van der Waals surface area (Å²) < 4.78 is 1.84. The van der Waals surface area contributed by atoms with Gasteiger partial charge in [0.1, 0.15) is 5.82 Å². The first-order chi connectivity index (χ1) is 8.51. The lowest BCUT2D eigenvalue weighted by Gasteiger charge is -2.21. The Kier molecular flexibility index (Phi) is 4.70. The van der Waals surface area contributed by atoms with E-state index < -0.39 is 5.92 Å². The normalized spacial score (nSPS) is 13.4. The smallest absolute Gasteiger partial charge is 0.233 e. The number of oxime groups is 1. The van der Waals surface area contributed by atoms with Gasteiger partial charge in [0.05, 0.1) is 12.5 Å². The van der Waals surface area contributed by atoms with Crippen LogP contribution in [0.25, 0.3) is 0 Å². The molecule has 0 saturated carbocycles. The minimum Gasteiger partial charge on any atom is -0.409 e. The molecule has 0 fully saturated rings. The molecule has 0 aliphatic heterocycles. The van der Waals surface area contributed by atoms with Crippen molar-refractivity contribution in [2.45, 2.75) is 19.9 Å². The highest BCUT2D eigenvalue weighted by Gasteiger charge is 2.25. The third kappa shape index (κ3) is 2.99. The van der Waals surface area contributed by atoms with Crippen LogP contribution in [0.4, 0.5) is 0 Å². The standard InChI is InChI=1S/C11H19N5O2/c1-4-8(10(12)14-18)11(17)16(3)7-9-13-5-6-15(9)2/h5-6,8,18H,4,7H2,1-3H3,(H2,12,14). The van der Waals surface area contributed by atoms with Crippen LogP contribution in [-0.4, -0.2) is 38.4 Å². The number of amidine groups is 1. The molecule has 0 aliphatic rings. The summed E-state index contributed by atoms with van der Waals surface area (Å²) in [4.78, 5) is 17.8. The van der Waals surface area contributed by atoms with Crippen molar-refractivity contribution in [3.8, 4) is 0 Å². The van der Waals surface area contributed by atoms with Crippen LogP contribution in [-0.2, 0) is 18.4 Å². The highest BCUT2D eigenvalue weighted by atomic mass is 16.4. The number of aromatic nitrogens is 2. The van der Waals surface area contributed by atoms with Crippen LogP contribution < -0.4 is 5.73 Å². The Balaban J connectivity index is 2.74. The molecule has 7 heteroatoms. The van der Waals surface area contributed by atoms with E-state index in [9.17, 15) is 4.79 Å². The van der Waals surface area contributed by atoms with Crippen molar-refractivity contribution in [3.63, 3.8) is 0 Å². The maximum atomic E-state index is 12.1. The second-order valence-corrected chi connectivity index (χ2v) is 4.13. The van der Waals surface area contributed by atoms with Gasteiger partial charge in [-0.1, -0.05) is 12.1 Å². The topological polar surface area (TPSA) is 96.7 Å². The Bertz CT molecular complexity index is 440. The van der Waals surface area contributed by atoms with Crippen molar-refractivity contribution in [2.75, 3.05) is 7.05 Å². The SMILES string of the molecule is CCC(C(=O)N(C)Cc1nccn1C)C(N)=NO. The first-order valence-electron chi connectivity index (χ1n) is 5.69. The number of carbonyl (C=O) groups is 1. The zero-order valence-electron chi connectivity index (χ0n) is 10.9. The molecule has 0 bridgehead atoms. The second-order valence-electron chi connectivity index (χ2n) is 4.13. The molecular formula is C11H19N5O2. The van der Waals surface area contributed by atoms with E-state index in [0.717, 1.165) is 5.82 Å². The van der Waals surface area contributed by atoms with E-state index in [1.807, 2.05) is 24.7 Å². The molecule has 3 N–H and O–H groups in total. The minimum absolute atomic E-state index is 0.0609. The van der Waals surface area contributed by atoms with Gasteiger partial charge < -0.3 is 20.4 Å². The highest BCUT2D eigenvalue weighted by Crippen LogP contribution is 2.09. The molecule has 1 rings (SSSR count). The third-order valence-electron chi connectivity index (χ3n) is 2.85. The van der Waals surface area contributed by atoms with Crippen LogP contribution >= 0.6 is 0 Å². The van der Waals surface area contributed by atoms with Crippen LogP contribution in [0.2, 0.25) is 0 Å². The third-order valence-corrected chi connectivity index (χ3v) is 2.85. The molecule has 1 amide bonds. The summed E-state index contributed by atoms with van der Waals surface area (Å²) in [5.41, 5.74) is 5.50. The molecule has 1 aromatic heterocycles. The summed E-state index contributed by atoms with van der Waals surface area (Å²) in [6, 6.07) is 0. The first kappa shape index (κ1) is 14.0. The van der Waals surface area contributed by atoms with Crippen LogP contribution in [0.3, 0.4) is 0 Å². The number of hydrogen-bond donors (Lipinski definition) is 2. The van der Waals surface area contributed by atoms with Crippen molar-refractivity contribution in [3.05, 3.63) is 18.2 Å². The lowest BCUT2D eigenvalue weighted by Crippen LogP contribution is -2.39. The molecule has 0 radical (unpaired) electrons. The molecule has 1 unspecified atom stereocenters. The average Bonchev–Trinajstić information content (AvgIpc) is 2.75. The van der Waals surface area contributed by atoms with Crippen LogP contribution in [0.1, 0.15) is 19.2 Å². The Hall–Kier alpha value is -2.05. The number of aryl methyl sites for hydroxylation is 1. The van der Waals surface area contributed by atoms with Crippen molar-refractivity contribution >= 4 is 11.7 Å². The quantitative estimate of drug-likeness (QED) is 0.338. The fraction of sp³-hybridized carbons (Fsp3) is 0.545. The molecule has 0 aromatic carbocycles. The lowest BCUT2D eigenvalue weighted by atomic mass is 10.0. The number of carbonyl (C=O) groups excluding carboxylic acids is 1.